The van der Waals surface area contributed by atoms with Gasteiger partial charge in [-0.15, -0.1) is 0 Å². The van der Waals surface area contributed by atoms with Crippen LogP contribution in [-0.4, -0.2) is 24.1 Å². The molecule has 0 amide bonds. The third-order valence-corrected chi connectivity index (χ3v) is 18.7. The molecule has 0 aliphatic rings. The van der Waals surface area contributed by atoms with Gasteiger partial charge in [0, 0.05) is 49.6 Å². The second-order valence-corrected chi connectivity index (χ2v) is 24.4. The third kappa shape index (κ3) is 10.5. The summed E-state index contributed by atoms with van der Waals surface area (Å²) in [5.41, 5.74) is 23.5. The topological polar surface area (TPSA) is 100 Å². The molecule has 454 valence electrons. The molecular formula is C90H54N8. The van der Waals surface area contributed by atoms with Gasteiger partial charge in [-0.3, -0.25) is 0 Å². The van der Waals surface area contributed by atoms with Crippen LogP contribution in [0.2, 0.25) is 0 Å². The van der Waals surface area contributed by atoms with Gasteiger partial charge in [0.1, 0.15) is 0 Å². The minimum Gasteiger partial charge on any atom is -0.309 e. The fourth-order valence-electron chi connectivity index (χ4n) is 13.9. The molecule has 0 aliphatic heterocycles. The van der Waals surface area contributed by atoms with Gasteiger partial charge in [-0.2, -0.15) is 10.5 Å². The van der Waals surface area contributed by atoms with Crippen molar-refractivity contribution in [2.24, 2.45) is 0 Å². The van der Waals surface area contributed by atoms with Gasteiger partial charge in [0.2, 0.25) is 0 Å². The molecule has 0 unspecified atom stereocenters. The highest BCUT2D eigenvalue weighted by Crippen LogP contribution is 2.44. The molecule has 3 heterocycles. The van der Waals surface area contributed by atoms with Crippen LogP contribution in [0.3, 0.4) is 0 Å². The molecule has 3 aromatic heterocycles. The molecule has 0 N–H and O–H groups in total. The molecule has 98 heavy (non-hydrogen) atoms. The van der Waals surface area contributed by atoms with Crippen LogP contribution in [0, 0.1) is 29.2 Å². The van der Waals surface area contributed by atoms with Crippen molar-refractivity contribution < 1.29 is 0 Å². The number of hydrogen-bond donors (Lipinski definition) is 0. The van der Waals surface area contributed by atoms with Crippen molar-refractivity contribution in [2.45, 2.75) is 0 Å². The molecular weight excluding hydrogens is 1190 g/mol. The molecule has 0 aliphatic carbocycles. The second-order valence-electron chi connectivity index (χ2n) is 24.4. The molecule has 0 saturated heterocycles. The summed E-state index contributed by atoms with van der Waals surface area (Å²) >= 11 is 0. The van der Waals surface area contributed by atoms with Gasteiger partial charge in [0.25, 0.3) is 0 Å². The van der Waals surface area contributed by atoms with Crippen LogP contribution in [-0.2, 0) is 0 Å². The maximum atomic E-state index is 10.5. The van der Waals surface area contributed by atoms with Crippen LogP contribution in [0.5, 0.6) is 0 Å². The van der Waals surface area contributed by atoms with Gasteiger partial charge < -0.3 is 9.13 Å². The Hall–Kier alpha value is -13.8. The summed E-state index contributed by atoms with van der Waals surface area (Å²) in [6, 6.07) is 118. The Morgan fingerprint density at radius 1 is 0.265 bits per heavy atom. The third-order valence-electron chi connectivity index (χ3n) is 18.7. The molecule has 17 rings (SSSR count). The largest absolute Gasteiger partial charge is 0.309 e. The lowest BCUT2D eigenvalue weighted by Crippen LogP contribution is -2.04. The first kappa shape index (κ1) is 58.0. The Labute approximate surface area is 566 Å². The summed E-state index contributed by atoms with van der Waals surface area (Å²) < 4.78 is 4.66. The van der Waals surface area contributed by atoms with Crippen molar-refractivity contribution in [1.29, 1.82) is 10.5 Å². The Kier molecular flexibility index (Phi) is 14.5. The smallest absolute Gasteiger partial charge is 0.187 e. The normalized spacial score (nSPS) is 11.2. The summed E-state index contributed by atoms with van der Waals surface area (Å²) in [6.45, 7) is 8.20. The SMILES string of the molecule is [C-]#[N+]c1cccc(-c2ccc(-n3c4ccc(-c5ccccc5)cc4c4cc(-c5ccccc5)ccc43)cc2-c2nc(-c3ccc(-c4ccccc4C#N)cc3)nc(-c3cc(-n4c5ccc(-c6ccccc6)cc5c5cc(-c6ccccc6)ccc54)ccc3-c3cccc(C#N)c3)n2)c1. The number of aromatic nitrogens is 5. The van der Waals surface area contributed by atoms with Crippen molar-refractivity contribution in [3.63, 3.8) is 0 Å². The standard InChI is InChI=1S/C90H54N8/c1-93-72-30-17-29-70(49-72)77-43-41-74(98-86-46-38-67(61-23-10-4-11-24-61)52-80(86)81-53-68(39-47-87(81)98)62-25-12-5-13-26-62)55-83(77)90-95-88(64-34-32-63(33-35-64)75-31-15-14-27-71(75)57-92)94-89(96-90)82-54-73(40-42-76(82)69-28-16-18-58(48-69)56-91)97-84-44-36-65(59-19-6-2-7-20-59)50-78(84)79-51-66(37-45-85(79)97)60-21-8-3-9-22-60/h2-55H. The van der Waals surface area contributed by atoms with Gasteiger partial charge in [0.15, 0.2) is 23.2 Å². The predicted molar refractivity (Wildman–Crippen MR) is 399 cm³/mol. The monoisotopic (exact) mass is 1250 g/mol. The van der Waals surface area contributed by atoms with E-state index in [2.05, 4.69) is 232 Å². The summed E-state index contributed by atoms with van der Waals surface area (Å²) in [6.07, 6.45) is 0. The van der Waals surface area contributed by atoms with Crippen LogP contribution in [0.25, 0.3) is 172 Å². The Balaban J connectivity index is 0.932. The van der Waals surface area contributed by atoms with Crippen LogP contribution in [0.1, 0.15) is 11.1 Å². The summed E-state index contributed by atoms with van der Waals surface area (Å²) in [7, 11) is 0. The zero-order chi connectivity index (χ0) is 65.6. The van der Waals surface area contributed by atoms with Gasteiger partial charge in [0.05, 0.1) is 51.9 Å². The molecule has 14 aromatic carbocycles. The van der Waals surface area contributed by atoms with Crippen molar-refractivity contribution in [1.82, 2.24) is 24.1 Å². The highest BCUT2D eigenvalue weighted by Gasteiger charge is 2.24. The zero-order valence-corrected chi connectivity index (χ0v) is 52.8. The molecule has 0 atom stereocenters. The van der Waals surface area contributed by atoms with Crippen molar-refractivity contribution >= 4 is 49.3 Å². The molecule has 0 saturated carbocycles. The van der Waals surface area contributed by atoms with E-state index < -0.39 is 0 Å². The van der Waals surface area contributed by atoms with E-state index in [9.17, 15) is 10.5 Å². The number of nitrogens with zero attached hydrogens (tertiary/aromatic N) is 8. The molecule has 0 radical (unpaired) electrons. The molecule has 0 spiro atoms. The summed E-state index contributed by atoms with van der Waals surface area (Å²) in [4.78, 5) is 20.7. The van der Waals surface area contributed by atoms with Gasteiger partial charge in [-0.25, -0.2) is 19.8 Å². The first-order chi connectivity index (χ1) is 48.4. The number of hydrogen-bond acceptors (Lipinski definition) is 5. The average Bonchev–Trinajstić information content (AvgIpc) is 1.51. The van der Waals surface area contributed by atoms with E-state index in [1.165, 1.54) is 0 Å². The number of rotatable bonds is 12. The lowest BCUT2D eigenvalue weighted by molar-refractivity contribution is 1.07. The Morgan fingerprint density at radius 2 is 0.643 bits per heavy atom. The molecule has 8 nitrogen and oxygen atoms in total. The van der Waals surface area contributed by atoms with Gasteiger partial charge in [-0.1, -0.05) is 231 Å². The van der Waals surface area contributed by atoms with Gasteiger partial charge in [-0.05, 0) is 175 Å². The van der Waals surface area contributed by atoms with Crippen molar-refractivity contribution in [3.8, 4) is 136 Å². The van der Waals surface area contributed by atoms with E-state index in [1.807, 2.05) is 121 Å². The van der Waals surface area contributed by atoms with Gasteiger partial charge >= 0.3 is 0 Å². The molecule has 0 fully saturated rings. The van der Waals surface area contributed by atoms with E-state index in [4.69, 9.17) is 21.5 Å². The van der Waals surface area contributed by atoms with Crippen molar-refractivity contribution in [3.05, 3.63) is 350 Å². The number of nitriles is 2. The van der Waals surface area contributed by atoms with Crippen molar-refractivity contribution in [2.75, 3.05) is 0 Å². The lowest BCUT2D eigenvalue weighted by atomic mass is 9.96. The second kappa shape index (κ2) is 24.6. The maximum absolute atomic E-state index is 10.5. The van der Waals surface area contributed by atoms with E-state index in [-0.39, 0.29) is 0 Å². The summed E-state index contributed by atoms with van der Waals surface area (Å²) in [5, 5.41) is 25.1. The first-order valence-corrected chi connectivity index (χ1v) is 32.4. The van der Waals surface area contributed by atoms with Crippen LogP contribution in [0.4, 0.5) is 5.69 Å². The molecule has 8 heteroatoms. The van der Waals surface area contributed by atoms with E-state index in [1.54, 1.807) is 0 Å². The fourth-order valence-corrected chi connectivity index (χ4v) is 13.9. The number of fused-ring (bicyclic) bond motifs is 6. The average molecular weight is 1250 g/mol. The van der Waals surface area contributed by atoms with Crippen LogP contribution < -0.4 is 0 Å². The Morgan fingerprint density at radius 3 is 1.07 bits per heavy atom. The quantitative estimate of drug-likeness (QED) is 0.113. The van der Waals surface area contributed by atoms with E-state index in [0.717, 1.165) is 138 Å². The minimum absolute atomic E-state index is 0.395. The zero-order valence-electron chi connectivity index (χ0n) is 52.8. The Bertz CT molecular complexity index is 5610. The van der Waals surface area contributed by atoms with Crippen LogP contribution in [0.15, 0.2) is 328 Å². The van der Waals surface area contributed by atoms with E-state index in [0.29, 0.717) is 45.4 Å². The molecule has 0 bridgehead atoms. The number of benzene rings is 14. The molecule has 17 aromatic rings. The van der Waals surface area contributed by atoms with Crippen LogP contribution >= 0.6 is 0 Å². The van der Waals surface area contributed by atoms with E-state index >= 15 is 0 Å². The fraction of sp³-hybridized carbons (Fsp3) is 0. The maximum Gasteiger partial charge on any atom is 0.187 e. The summed E-state index contributed by atoms with van der Waals surface area (Å²) in [5.74, 6) is 1.20. The lowest BCUT2D eigenvalue weighted by Gasteiger charge is -2.18. The highest BCUT2D eigenvalue weighted by atomic mass is 15.0. The predicted octanol–water partition coefficient (Wildman–Crippen LogP) is 23.0. The first-order valence-electron chi connectivity index (χ1n) is 32.4. The minimum atomic E-state index is 0.395. The highest BCUT2D eigenvalue weighted by molar-refractivity contribution is 6.13.